The summed E-state index contributed by atoms with van der Waals surface area (Å²) in [5.41, 5.74) is 1.33. The molecule has 1 N–H and O–H groups in total. The van der Waals surface area contributed by atoms with Crippen molar-refractivity contribution in [3.63, 3.8) is 0 Å². The number of rotatable bonds is 7. The highest BCUT2D eigenvalue weighted by Gasteiger charge is 2.21. The third kappa shape index (κ3) is 6.33. The summed E-state index contributed by atoms with van der Waals surface area (Å²) in [5.74, 6) is 1.77. The van der Waals surface area contributed by atoms with E-state index in [0.717, 1.165) is 50.5 Å². The van der Waals surface area contributed by atoms with Crippen LogP contribution in [0.15, 0.2) is 67.3 Å². The largest absolute Gasteiger partial charge is 0.457 e. The van der Waals surface area contributed by atoms with Gasteiger partial charge in [-0.1, -0.05) is 36.4 Å². The number of allylic oxidation sites excluding steroid dienone is 1. The molecule has 1 aliphatic heterocycles. The SMILES string of the molecule is C=CCC[C@@H](c1cccc(Oc2ccccc2)c1)N1CCNCC1.Cl.Cl. The van der Waals surface area contributed by atoms with E-state index in [1.807, 2.05) is 42.5 Å². The molecule has 0 bridgehead atoms. The molecule has 0 aliphatic carbocycles. The van der Waals surface area contributed by atoms with Gasteiger partial charge in [0.25, 0.3) is 0 Å². The molecule has 3 nitrogen and oxygen atoms in total. The van der Waals surface area contributed by atoms with Gasteiger partial charge in [0.2, 0.25) is 0 Å². The zero-order valence-corrected chi connectivity index (χ0v) is 16.6. The summed E-state index contributed by atoms with van der Waals surface area (Å²) in [7, 11) is 0. The molecule has 2 aromatic carbocycles. The molecule has 1 saturated heterocycles. The lowest BCUT2D eigenvalue weighted by Gasteiger charge is -2.35. The van der Waals surface area contributed by atoms with Gasteiger partial charge in [-0.2, -0.15) is 0 Å². The molecule has 3 rings (SSSR count). The van der Waals surface area contributed by atoms with Crippen molar-refractivity contribution in [3.8, 4) is 11.5 Å². The maximum atomic E-state index is 6.01. The van der Waals surface area contributed by atoms with Crippen molar-refractivity contribution in [2.45, 2.75) is 18.9 Å². The molecular weight excluding hydrogens is 367 g/mol. The van der Waals surface area contributed by atoms with Crippen LogP contribution in [0.3, 0.4) is 0 Å². The van der Waals surface area contributed by atoms with E-state index in [9.17, 15) is 0 Å². The highest BCUT2D eigenvalue weighted by Crippen LogP contribution is 2.30. The van der Waals surface area contributed by atoms with Gasteiger partial charge in [0.15, 0.2) is 0 Å². The summed E-state index contributed by atoms with van der Waals surface area (Å²) < 4.78 is 6.01. The lowest BCUT2D eigenvalue weighted by Crippen LogP contribution is -2.45. The average molecular weight is 395 g/mol. The first-order chi connectivity index (χ1) is 11.9. The van der Waals surface area contributed by atoms with E-state index in [-0.39, 0.29) is 24.8 Å². The van der Waals surface area contributed by atoms with E-state index in [2.05, 4.69) is 35.0 Å². The fourth-order valence-corrected chi connectivity index (χ4v) is 3.24. The molecule has 2 aromatic rings. The molecule has 142 valence electrons. The van der Waals surface area contributed by atoms with E-state index in [1.54, 1.807) is 0 Å². The maximum Gasteiger partial charge on any atom is 0.127 e. The summed E-state index contributed by atoms with van der Waals surface area (Å²) in [6.45, 7) is 8.19. The monoisotopic (exact) mass is 394 g/mol. The third-order valence-electron chi connectivity index (χ3n) is 4.46. The van der Waals surface area contributed by atoms with Gasteiger partial charge in [-0.15, -0.1) is 31.4 Å². The second-order valence-corrected chi connectivity index (χ2v) is 6.16. The number of piperazine rings is 1. The smallest absolute Gasteiger partial charge is 0.127 e. The zero-order chi connectivity index (χ0) is 16.6. The number of halogens is 2. The molecule has 1 heterocycles. The molecular formula is C21H28Cl2N2O. The number of hydrogen-bond acceptors (Lipinski definition) is 3. The van der Waals surface area contributed by atoms with E-state index in [4.69, 9.17) is 4.74 Å². The van der Waals surface area contributed by atoms with Crippen molar-refractivity contribution in [1.29, 1.82) is 0 Å². The molecule has 0 saturated carbocycles. The number of para-hydroxylation sites is 1. The van der Waals surface area contributed by atoms with Crippen LogP contribution >= 0.6 is 24.8 Å². The molecule has 0 spiro atoms. The highest BCUT2D eigenvalue weighted by atomic mass is 35.5. The van der Waals surface area contributed by atoms with Gasteiger partial charge >= 0.3 is 0 Å². The summed E-state index contributed by atoms with van der Waals surface area (Å²) in [5, 5.41) is 3.43. The fourth-order valence-electron chi connectivity index (χ4n) is 3.24. The minimum Gasteiger partial charge on any atom is -0.457 e. The highest BCUT2D eigenvalue weighted by molar-refractivity contribution is 5.85. The summed E-state index contributed by atoms with van der Waals surface area (Å²) in [6.07, 6.45) is 4.14. The Hall–Kier alpha value is -1.52. The predicted octanol–water partition coefficient (Wildman–Crippen LogP) is 5.24. The molecule has 0 amide bonds. The zero-order valence-electron chi connectivity index (χ0n) is 15.0. The number of benzene rings is 2. The first-order valence-corrected chi connectivity index (χ1v) is 8.75. The Bertz CT molecular complexity index is 645. The Labute approximate surface area is 169 Å². The normalized spacial score (nSPS) is 15.2. The number of nitrogens with one attached hydrogen (secondary N) is 1. The van der Waals surface area contributed by atoms with Crippen LogP contribution in [0.1, 0.15) is 24.4 Å². The minimum atomic E-state index is 0. The van der Waals surface area contributed by atoms with Crippen molar-refractivity contribution >= 4 is 24.8 Å². The van der Waals surface area contributed by atoms with E-state index in [0.29, 0.717) is 6.04 Å². The van der Waals surface area contributed by atoms with Crippen molar-refractivity contribution in [3.05, 3.63) is 72.8 Å². The Morgan fingerprint density at radius 3 is 2.38 bits per heavy atom. The van der Waals surface area contributed by atoms with Gasteiger partial charge in [-0.25, -0.2) is 0 Å². The predicted molar refractivity (Wildman–Crippen MR) is 114 cm³/mol. The van der Waals surface area contributed by atoms with Gasteiger partial charge in [0, 0.05) is 32.2 Å². The number of hydrogen-bond donors (Lipinski definition) is 1. The van der Waals surface area contributed by atoms with E-state index < -0.39 is 0 Å². The third-order valence-corrected chi connectivity index (χ3v) is 4.46. The van der Waals surface area contributed by atoms with Crippen LogP contribution in [0.5, 0.6) is 11.5 Å². The topological polar surface area (TPSA) is 24.5 Å². The summed E-state index contributed by atoms with van der Waals surface area (Å²) >= 11 is 0. The molecule has 0 unspecified atom stereocenters. The van der Waals surface area contributed by atoms with Crippen molar-refractivity contribution in [1.82, 2.24) is 10.2 Å². The molecule has 0 aromatic heterocycles. The van der Waals surface area contributed by atoms with Crippen molar-refractivity contribution in [2.75, 3.05) is 26.2 Å². The molecule has 1 fully saturated rings. The van der Waals surface area contributed by atoms with Crippen LogP contribution < -0.4 is 10.1 Å². The molecule has 26 heavy (non-hydrogen) atoms. The van der Waals surface area contributed by atoms with Crippen LogP contribution in [0, 0.1) is 0 Å². The van der Waals surface area contributed by atoms with Crippen molar-refractivity contribution in [2.24, 2.45) is 0 Å². The number of nitrogens with zero attached hydrogens (tertiary/aromatic N) is 1. The first-order valence-electron chi connectivity index (χ1n) is 8.75. The van der Waals surface area contributed by atoms with Gasteiger partial charge in [-0.3, -0.25) is 4.90 Å². The Morgan fingerprint density at radius 1 is 1.00 bits per heavy atom. The first kappa shape index (κ1) is 22.5. The summed E-state index contributed by atoms with van der Waals surface area (Å²) in [4.78, 5) is 2.57. The maximum absolute atomic E-state index is 6.01. The van der Waals surface area contributed by atoms with Crippen LogP contribution in [0.25, 0.3) is 0 Å². The fraction of sp³-hybridized carbons (Fsp3) is 0.333. The number of ether oxygens (including phenoxy) is 1. The lowest BCUT2D eigenvalue weighted by molar-refractivity contribution is 0.166. The van der Waals surface area contributed by atoms with Gasteiger partial charge < -0.3 is 10.1 Å². The Kier molecular flexibility index (Phi) is 10.4. The van der Waals surface area contributed by atoms with Crippen LogP contribution in [0.2, 0.25) is 0 Å². The summed E-state index contributed by atoms with van der Waals surface area (Å²) in [6, 6.07) is 18.9. The van der Waals surface area contributed by atoms with E-state index in [1.165, 1.54) is 5.56 Å². The van der Waals surface area contributed by atoms with Crippen LogP contribution in [-0.2, 0) is 0 Å². The van der Waals surface area contributed by atoms with Crippen LogP contribution in [-0.4, -0.2) is 31.1 Å². The second-order valence-electron chi connectivity index (χ2n) is 6.16. The molecule has 1 atom stereocenters. The average Bonchev–Trinajstić information content (AvgIpc) is 2.64. The molecule has 0 radical (unpaired) electrons. The minimum absolute atomic E-state index is 0. The molecule has 5 heteroatoms. The standard InChI is InChI=1S/C21H26N2O.2ClH/c1-2-3-12-21(23-15-13-22-14-16-23)18-8-7-11-20(17-18)24-19-9-5-4-6-10-19;;/h2,4-11,17,21-22H,1,3,12-16H2;2*1H/t21-;;/m0../s1. The lowest BCUT2D eigenvalue weighted by atomic mass is 9.99. The second kappa shape index (κ2) is 12.0. The van der Waals surface area contributed by atoms with Crippen LogP contribution in [0.4, 0.5) is 0 Å². The Balaban J connectivity index is 0.00000169. The van der Waals surface area contributed by atoms with Gasteiger partial charge in [-0.05, 0) is 42.7 Å². The van der Waals surface area contributed by atoms with E-state index >= 15 is 0 Å². The van der Waals surface area contributed by atoms with Gasteiger partial charge in [0.1, 0.15) is 11.5 Å². The van der Waals surface area contributed by atoms with Crippen molar-refractivity contribution < 1.29 is 4.74 Å². The quantitative estimate of drug-likeness (QED) is 0.650. The molecule has 1 aliphatic rings. The Morgan fingerprint density at radius 2 is 1.69 bits per heavy atom. The van der Waals surface area contributed by atoms with Gasteiger partial charge in [0.05, 0.1) is 0 Å².